The van der Waals surface area contributed by atoms with Crippen molar-refractivity contribution in [1.82, 2.24) is 5.32 Å². The van der Waals surface area contributed by atoms with Gasteiger partial charge in [-0.15, -0.1) is 0 Å². The molecule has 2 bridgehead atoms. The molecule has 2 fully saturated rings. The van der Waals surface area contributed by atoms with Gasteiger partial charge in [-0.05, 0) is 49.9 Å². The molecule has 0 unspecified atom stereocenters. The Morgan fingerprint density at radius 2 is 1.65 bits per heavy atom. The van der Waals surface area contributed by atoms with Crippen molar-refractivity contribution in [2.24, 2.45) is 0 Å². The Balaban J connectivity index is 1.48. The van der Waals surface area contributed by atoms with Gasteiger partial charge in [-0.3, -0.25) is 0 Å². The molecule has 2 aromatic rings. The van der Waals surface area contributed by atoms with E-state index in [1.807, 2.05) is 18.2 Å². The van der Waals surface area contributed by atoms with Crippen LogP contribution >= 0.6 is 0 Å². The normalized spacial score (nSPS) is 26.0. The first-order valence-electron chi connectivity index (χ1n) is 8.21. The summed E-state index contributed by atoms with van der Waals surface area (Å²) >= 11 is 0. The summed E-state index contributed by atoms with van der Waals surface area (Å²) in [4.78, 5) is 0. The minimum atomic E-state index is -0.383. The van der Waals surface area contributed by atoms with Crippen molar-refractivity contribution >= 4 is 0 Å². The number of rotatable bonds is 4. The van der Waals surface area contributed by atoms with Gasteiger partial charge in [-0.2, -0.15) is 0 Å². The molecule has 4 heteroatoms. The molecule has 3 atom stereocenters. The molecule has 2 heterocycles. The van der Waals surface area contributed by atoms with Crippen molar-refractivity contribution in [1.29, 1.82) is 0 Å². The van der Waals surface area contributed by atoms with Crippen molar-refractivity contribution in [3.8, 4) is 17.2 Å². The third kappa shape index (κ3) is 3.32. The number of benzene rings is 2. The van der Waals surface area contributed by atoms with Gasteiger partial charge in [0.25, 0.3) is 0 Å². The van der Waals surface area contributed by atoms with Crippen LogP contribution < -0.4 is 14.8 Å². The summed E-state index contributed by atoms with van der Waals surface area (Å²) in [7, 11) is 0. The summed E-state index contributed by atoms with van der Waals surface area (Å²) in [5.41, 5.74) is 0. The van der Waals surface area contributed by atoms with Gasteiger partial charge in [-0.1, -0.05) is 18.2 Å². The lowest BCUT2D eigenvalue weighted by molar-refractivity contribution is 0.137. The number of hydrogen-bond acceptors (Lipinski definition) is 3. The van der Waals surface area contributed by atoms with Gasteiger partial charge in [-0.25, -0.2) is 4.39 Å². The van der Waals surface area contributed by atoms with E-state index in [0.717, 1.165) is 12.8 Å². The molecule has 0 amide bonds. The van der Waals surface area contributed by atoms with E-state index in [1.165, 1.54) is 18.9 Å². The average molecular weight is 313 g/mol. The third-order valence-corrected chi connectivity index (χ3v) is 4.61. The topological polar surface area (TPSA) is 30.5 Å². The molecule has 0 radical (unpaired) electrons. The maximum Gasteiger partial charge on any atom is 0.166 e. The van der Waals surface area contributed by atoms with Crippen molar-refractivity contribution in [2.45, 2.75) is 43.9 Å². The fourth-order valence-electron chi connectivity index (χ4n) is 3.54. The van der Waals surface area contributed by atoms with Crippen LogP contribution in [-0.4, -0.2) is 18.2 Å². The van der Waals surface area contributed by atoms with Crippen LogP contribution in [0.25, 0.3) is 0 Å². The minimum Gasteiger partial charge on any atom is -0.490 e. The Hall–Kier alpha value is -2.07. The zero-order valence-electron chi connectivity index (χ0n) is 12.9. The Bertz CT molecular complexity index is 664. The van der Waals surface area contributed by atoms with Crippen LogP contribution in [0.2, 0.25) is 0 Å². The van der Waals surface area contributed by atoms with Crippen LogP contribution in [0, 0.1) is 5.82 Å². The van der Waals surface area contributed by atoms with Gasteiger partial charge in [0.15, 0.2) is 11.6 Å². The number of nitrogens with one attached hydrogen (secondary N) is 1. The smallest absolute Gasteiger partial charge is 0.166 e. The monoisotopic (exact) mass is 313 g/mol. The van der Waals surface area contributed by atoms with E-state index in [4.69, 9.17) is 9.47 Å². The van der Waals surface area contributed by atoms with E-state index >= 15 is 0 Å². The second kappa shape index (κ2) is 6.20. The van der Waals surface area contributed by atoms with E-state index in [-0.39, 0.29) is 17.7 Å². The SMILES string of the molecule is Fc1ccc(O[C@@H]2C[C@H]3CC[C@@H](C2)N3)cc1Oc1ccccc1. The van der Waals surface area contributed by atoms with Crippen molar-refractivity contribution in [2.75, 3.05) is 0 Å². The van der Waals surface area contributed by atoms with Crippen LogP contribution in [0.4, 0.5) is 4.39 Å². The molecule has 0 aliphatic carbocycles. The highest BCUT2D eigenvalue weighted by Gasteiger charge is 2.34. The molecule has 2 aromatic carbocycles. The maximum atomic E-state index is 14.0. The highest BCUT2D eigenvalue weighted by molar-refractivity contribution is 5.38. The van der Waals surface area contributed by atoms with Crippen molar-refractivity contribution < 1.29 is 13.9 Å². The van der Waals surface area contributed by atoms with E-state index in [9.17, 15) is 4.39 Å². The molecular weight excluding hydrogens is 293 g/mol. The van der Waals surface area contributed by atoms with Gasteiger partial charge in [0.05, 0.1) is 0 Å². The number of hydrogen-bond donors (Lipinski definition) is 1. The average Bonchev–Trinajstić information content (AvgIpc) is 2.90. The number of piperidine rings is 1. The molecule has 0 aromatic heterocycles. The van der Waals surface area contributed by atoms with Crippen molar-refractivity contribution in [3.63, 3.8) is 0 Å². The molecule has 23 heavy (non-hydrogen) atoms. The summed E-state index contributed by atoms with van der Waals surface area (Å²) in [6.07, 6.45) is 4.70. The largest absolute Gasteiger partial charge is 0.490 e. The summed E-state index contributed by atoms with van der Waals surface area (Å²) in [6, 6.07) is 15.1. The summed E-state index contributed by atoms with van der Waals surface area (Å²) < 4.78 is 25.7. The molecule has 2 saturated heterocycles. The lowest BCUT2D eigenvalue weighted by Crippen LogP contribution is -2.42. The van der Waals surface area contributed by atoms with E-state index in [0.29, 0.717) is 23.6 Å². The van der Waals surface area contributed by atoms with Gasteiger partial charge in [0.2, 0.25) is 0 Å². The minimum absolute atomic E-state index is 0.198. The zero-order chi connectivity index (χ0) is 15.6. The zero-order valence-corrected chi connectivity index (χ0v) is 12.9. The van der Waals surface area contributed by atoms with Crippen LogP contribution in [-0.2, 0) is 0 Å². The molecule has 2 aliphatic heterocycles. The fraction of sp³-hybridized carbons (Fsp3) is 0.368. The lowest BCUT2D eigenvalue weighted by Gasteiger charge is -2.29. The molecule has 1 N–H and O–H groups in total. The molecule has 2 aliphatic rings. The van der Waals surface area contributed by atoms with Crippen LogP contribution in [0.5, 0.6) is 17.2 Å². The van der Waals surface area contributed by atoms with Crippen LogP contribution in [0.1, 0.15) is 25.7 Å². The summed E-state index contributed by atoms with van der Waals surface area (Å²) in [6.45, 7) is 0. The summed E-state index contributed by atoms with van der Waals surface area (Å²) in [5.74, 6) is 1.10. The first kappa shape index (κ1) is 14.5. The molecular formula is C19H20FNO2. The van der Waals surface area contributed by atoms with Gasteiger partial charge >= 0.3 is 0 Å². The van der Waals surface area contributed by atoms with Gasteiger partial charge in [0, 0.05) is 18.2 Å². The second-order valence-electron chi connectivity index (χ2n) is 6.36. The first-order valence-corrected chi connectivity index (χ1v) is 8.21. The molecule has 3 nitrogen and oxygen atoms in total. The van der Waals surface area contributed by atoms with Gasteiger partial charge in [0.1, 0.15) is 17.6 Å². The van der Waals surface area contributed by atoms with Gasteiger partial charge < -0.3 is 14.8 Å². The van der Waals surface area contributed by atoms with E-state index in [1.54, 1.807) is 24.3 Å². The van der Waals surface area contributed by atoms with Crippen LogP contribution in [0.3, 0.4) is 0 Å². The van der Waals surface area contributed by atoms with Crippen LogP contribution in [0.15, 0.2) is 48.5 Å². The predicted octanol–water partition coefficient (Wildman–Crippen LogP) is 4.28. The van der Waals surface area contributed by atoms with E-state index in [2.05, 4.69) is 5.32 Å². The highest BCUT2D eigenvalue weighted by Crippen LogP contribution is 2.32. The Morgan fingerprint density at radius 1 is 0.913 bits per heavy atom. The van der Waals surface area contributed by atoms with Crippen molar-refractivity contribution in [3.05, 3.63) is 54.3 Å². The number of halogens is 1. The number of ether oxygens (including phenoxy) is 2. The predicted molar refractivity (Wildman–Crippen MR) is 86.5 cm³/mol. The quantitative estimate of drug-likeness (QED) is 0.914. The van der Waals surface area contributed by atoms with E-state index < -0.39 is 0 Å². The first-order chi connectivity index (χ1) is 11.3. The molecule has 4 rings (SSSR count). The third-order valence-electron chi connectivity index (χ3n) is 4.61. The lowest BCUT2D eigenvalue weighted by atomic mass is 10.0. The number of fused-ring (bicyclic) bond motifs is 2. The maximum absolute atomic E-state index is 14.0. The Kier molecular flexibility index (Phi) is 3.92. The number of para-hydroxylation sites is 1. The Morgan fingerprint density at radius 3 is 2.39 bits per heavy atom. The summed E-state index contributed by atoms with van der Waals surface area (Å²) in [5, 5.41) is 3.59. The standard InChI is InChI=1S/C19H20FNO2/c20-18-9-8-16(12-19(18)23-15-4-2-1-3-5-15)22-17-10-13-6-7-14(11-17)21-13/h1-5,8-9,12-14,17,21H,6-7,10-11H2/t13-,14+,17-. The second-order valence-corrected chi connectivity index (χ2v) is 6.36. The molecule has 120 valence electrons. The Labute approximate surface area is 135 Å². The highest BCUT2D eigenvalue weighted by atomic mass is 19.1. The molecule has 0 saturated carbocycles. The molecule has 0 spiro atoms. The fourth-order valence-corrected chi connectivity index (χ4v) is 3.54.